The molecule has 2 rings (SSSR count). The largest absolute Gasteiger partial charge is 0.289 e. The summed E-state index contributed by atoms with van der Waals surface area (Å²) >= 11 is 0. The molecule has 0 heterocycles. The van der Waals surface area contributed by atoms with Gasteiger partial charge in [-0.3, -0.25) is 4.03 Å². The average molecular weight is 345 g/mol. The van der Waals surface area contributed by atoms with Crippen LogP contribution in [0.25, 0.3) is 0 Å². The minimum Gasteiger partial charge on any atom is -0.289 e. The SMILES string of the molecule is CC(C)(C)[Si](C)(C)N=S(C)(=Nc1ccccc1)c1ccccc1. The van der Waals surface area contributed by atoms with Crippen molar-refractivity contribution in [3.63, 3.8) is 0 Å². The summed E-state index contributed by atoms with van der Waals surface area (Å²) in [5.74, 6) is 0. The lowest BCUT2D eigenvalue weighted by Gasteiger charge is -2.34. The van der Waals surface area contributed by atoms with Crippen molar-refractivity contribution in [2.45, 2.75) is 43.8 Å². The first-order valence-electron chi connectivity index (χ1n) is 8.00. The van der Waals surface area contributed by atoms with Gasteiger partial charge >= 0.3 is 0 Å². The van der Waals surface area contributed by atoms with E-state index in [0.717, 1.165) is 5.69 Å². The van der Waals surface area contributed by atoms with Crippen LogP contribution in [-0.2, 0) is 9.62 Å². The zero-order valence-electron chi connectivity index (χ0n) is 15.1. The molecule has 0 N–H and O–H groups in total. The van der Waals surface area contributed by atoms with Crippen molar-refractivity contribution < 1.29 is 0 Å². The standard InChI is InChI=1S/C19H28N2SSi/c1-19(2,3)23(5,6)21-22(4,18-15-11-8-12-16-18)20-17-13-9-7-10-14-17/h7-16H,1-6H3. The Bertz CT molecular complexity index is 766. The van der Waals surface area contributed by atoms with Crippen molar-refractivity contribution in [2.75, 3.05) is 6.26 Å². The number of nitrogens with zero attached hydrogens (tertiary/aromatic N) is 2. The summed E-state index contributed by atoms with van der Waals surface area (Å²) in [5.41, 5.74) is 1.01. The van der Waals surface area contributed by atoms with E-state index in [1.807, 2.05) is 18.2 Å². The minimum atomic E-state index is -1.81. The normalized spacial score (nSPS) is 14.9. The third kappa shape index (κ3) is 4.33. The highest BCUT2D eigenvalue weighted by atomic mass is 32.2. The number of benzene rings is 2. The van der Waals surface area contributed by atoms with Crippen molar-refractivity contribution in [2.24, 2.45) is 8.39 Å². The second kappa shape index (κ2) is 6.61. The molecule has 0 amide bonds. The Kier molecular flexibility index (Phi) is 5.16. The highest BCUT2D eigenvalue weighted by molar-refractivity contribution is 7.96. The van der Waals surface area contributed by atoms with Crippen LogP contribution in [0.2, 0.25) is 18.1 Å². The molecule has 0 saturated heterocycles. The Morgan fingerprint density at radius 2 is 1.30 bits per heavy atom. The van der Waals surface area contributed by atoms with Gasteiger partial charge < -0.3 is 0 Å². The van der Waals surface area contributed by atoms with Crippen LogP contribution in [0.4, 0.5) is 5.69 Å². The Balaban J connectivity index is 2.75. The predicted octanol–water partition coefficient (Wildman–Crippen LogP) is 6.53. The molecule has 1 atom stereocenters. The molecule has 0 aliphatic carbocycles. The van der Waals surface area contributed by atoms with Crippen LogP contribution in [0.5, 0.6) is 0 Å². The first-order valence-corrected chi connectivity index (χ1v) is 12.9. The molecule has 23 heavy (non-hydrogen) atoms. The molecule has 2 aromatic carbocycles. The van der Waals surface area contributed by atoms with Gasteiger partial charge in [0.2, 0.25) is 0 Å². The molecule has 0 fully saturated rings. The van der Waals surface area contributed by atoms with Gasteiger partial charge in [0.1, 0.15) is 0 Å². The molecular formula is C19H28N2SSi. The highest BCUT2D eigenvalue weighted by Gasteiger charge is 2.36. The Morgan fingerprint density at radius 1 is 0.826 bits per heavy atom. The summed E-state index contributed by atoms with van der Waals surface area (Å²) in [6.45, 7) is 11.6. The number of hydrogen-bond acceptors (Lipinski definition) is 2. The highest BCUT2D eigenvalue weighted by Crippen LogP contribution is 2.38. The lowest BCUT2D eigenvalue weighted by molar-refractivity contribution is 0.719. The minimum absolute atomic E-state index is 0.211. The summed E-state index contributed by atoms with van der Waals surface area (Å²) in [6.07, 6.45) is 2.22. The van der Waals surface area contributed by atoms with Crippen LogP contribution in [0, 0.1) is 0 Å². The van der Waals surface area contributed by atoms with Gasteiger partial charge in [-0.05, 0) is 52.0 Å². The van der Waals surface area contributed by atoms with E-state index in [1.165, 1.54) is 4.90 Å². The van der Waals surface area contributed by atoms with Gasteiger partial charge in [-0.1, -0.05) is 57.2 Å². The zero-order chi connectivity index (χ0) is 17.1. The topological polar surface area (TPSA) is 24.7 Å². The van der Waals surface area contributed by atoms with Gasteiger partial charge in [-0.15, -0.1) is 0 Å². The van der Waals surface area contributed by atoms with Gasteiger partial charge in [-0.2, -0.15) is 0 Å². The second-order valence-corrected chi connectivity index (χ2v) is 15.1. The third-order valence-electron chi connectivity index (χ3n) is 4.47. The summed E-state index contributed by atoms with van der Waals surface area (Å²) in [4.78, 5) is 1.23. The summed E-state index contributed by atoms with van der Waals surface area (Å²) in [5, 5.41) is 0.211. The molecule has 2 aromatic rings. The van der Waals surface area contributed by atoms with E-state index < -0.39 is 17.9 Å². The monoisotopic (exact) mass is 344 g/mol. The van der Waals surface area contributed by atoms with Crippen molar-refractivity contribution in [1.29, 1.82) is 0 Å². The quantitative estimate of drug-likeness (QED) is 0.565. The van der Waals surface area contributed by atoms with Crippen molar-refractivity contribution in [3.05, 3.63) is 60.7 Å². The summed E-state index contributed by atoms with van der Waals surface area (Å²) in [6, 6.07) is 20.8. The predicted molar refractivity (Wildman–Crippen MR) is 106 cm³/mol. The lowest BCUT2D eigenvalue weighted by Crippen LogP contribution is -2.36. The van der Waals surface area contributed by atoms with Crippen LogP contribution in [0.1, 0.15) is 20.8 Å². The fourth-order valence-electron chi connectivity index (χ4n) is 2.08. The molecule has 0 aliphatic rings. The van der Waals surface area contributed by atoms with Crippen LogP contribution >= 0.6 is 0 Å². The maximum atomic E-state index is 5.43. The molecule has 0 spiro atoms. The molecule has 2 nitrogen and oxygen atoms in total. The van der Waals surface area contributed by atoms with E-state index in [2.05, 4.69) is 82.6 Å². The Hall–Kier alpha value is -1.39. The van der Waals surface area contributed by atoms with E-state index in [0.29, 0.717) is 0 Å². The maximum absolute atomic E-state index is 5.43. The molecule has 0 bridgehead atoms. The third-order valence-corrected chi connectivity index (χ3v) is 13.1. The van der Waals surface area contributed by atoms with Gasteiger partial charge in [0.15, 0.2) is 8.24 Å². The van der Waals surface area contributed by atoms with Gasteiger partial charge in [0.05, 0.1) is 5.69 Å². The van der Waals surface area contributed by atoms with E-state index in [1.54, 1.807) is 0 Å². The molecule has 0 aromatic heterocycles. The summed E-state index contributed by atoms with van der Waals surface area (Å²) in [7, 11) is -3.41. The fraction of sp³-hybridized carbons (Fsp3) is 0.368. The molecule has 0 radical (unpaired) electrons. The van der Waals surface area contributed by atoms with E-state index in [-0.39, 0.29) is 5.04 Å². The van der Waals surface area contributed by atoms with E-state index in [4.69, 9.17) is 8.39 Å². The van der Waals surface area contributed by atoms with Gasteiger partial charge in [0.25, 0.3) is 0 Å². The van der Waals surface area contributed by atoms with Crippen molar-refractivity contribution in [1.82, 2.24) is 0 Å². The van der Waals surface area contributed by atoms with Crippen molar-refractivity contribution in [3.8, 4) is 0 Å². The molecule has 0 saturated carbocycles. The van der Waals surface area contributed by atoms with Crippen LogP contribution in [0.15, 0.2) is 74.0 Å². The van der Waals surface area contributed by atoms with Crippen LogP contribution in [0.3, 0.4) is 0 Å². The first-order chi connectivity index (χ1) is 10.6. The Labute approximate surface area is 142 Å². The second-order valence-electron chi connectivity index (χ2n) is 7.47. The molecule has 124 valence electrons. The smallest absolute Gasteiger partial charge is 0.191 e. The van der Waals surface area contributed by atoms with Gasteiger partial charge in [0, 0.05) is 11.2 Å². The fourth-order valence-corrected chi connectivity index (χ4v) is 8.63. The molecular weight excluding hydrogens is 316 g/mol. The number of hydrogen-bond donors (Lipinski definition) is 0. The Morgan fingerprint density at radius 3 is 1.78 bits per heavy atom. The number of rotatable bonds is 3. The maximum Gasteiger partial charge on any atom is 0.191 e. The van der Waals surface area contributed by atoms with Crippen LogP contribution in [-0.4, -0.2) is 14.5 Å². The van der Waals surface area contributed by atoms with Crippen molar-refractivity contribution >= 4 is 23.5 Å². The zero-order valence-corrected chi connectivity index (χ0v) is 16.9. The van der Waals surface area contributed by atoms with E-state index >= 15 is 0 Å². The molecule has 4 heteroatoms. The first kappa shape index (κ1) is 18.0. The lowest BCUT2D eigenvalue weighted by atomic mass is 10.2. The summed E-state index contributed by atoms with van der Waals surface area (Å²) < 4.78 is 10.5. The van der Waals surface area contributed by atoms with Gasteiger partial charge in [-0.25, -0.2) is 4.36 Å². The molecule has 0 aliphatic heterocycles. The average Bonchev–Trinajstić information content (AvgIpc) is 2.47. The van der Waals surface area contributed by atoms with E-state index in [9.17, 15) is 0 Å². The van der Waals surface area contributed by atoms with Crippen LogP contribution < -0.4 is 0 Å². The molecule has 1 unspecified atom stereocenters.